The van der Waals surface area contributed by atoms with Crippen molar-refractivity contribution in [2.75, 3.05) is 45.9 Å². The number of halogens is 1. The maximum Gasteiger partial charge on any atom is 0.410 e. The van der Waals surface area contributed by atoms with Crippen molar-refractivity contribution in [2.24, 2.45) is 0 Å². The zero-order chi connectivity index (χ0) is 19.0. The van der Waals surface area contributed by atoms with Gasteiger partial charge in [-0.05, 0) is 54.8 Å². The Morgan fingerprint density at radius 3 is 2.62 bits per heavy atom. The number of carbonyl (C=O) groups is 1. The summed E-state index contributed by atoms with van der Waals surface area (Å²) in [6.07, 6.45) is 1.49. The molecule has 0 aliphatic carbocycles. The van der Waals surface area contributed by atoms with Crippen molar-refractivity contribution in [3.63, 3.8) is 0 Å². The van der Waals surface area contributed by atoms with Crippen LogP contribution in [0.2, 0.25) is 0 Å². The Bertz CT molecular complexity index is 639. The van der Waals surface area contributed by atoms with Crippen molar-refractivity contribution in [3.05, 3.63) is 28.5 Å². The second kappa shape index (κ2) is 9.91. The summed E-state index contributed by atoms with van der Waals surface area (Å²) >= 11 is 3.34. The highest BCUT2D eigenvalue weighted by Gasteiger charge is 2.25. The van der Waals surface area contributed by atoms with E-state index >= 15 is 0 Å². The van der Waals surface area contributed by atoms with Gasteiger partial charge in [0.1, 0.15) is 17.9 Å². The van der Waals surface area contributed by atoms with Crippen LogP contribution in [0.4, 0.5) is 4.79 Å². The number of hydrogen-bond acceptors (Lipinski definition) is 5. The fourth-order valence-electron chi connectivity index (χ4n) is 2.37. The van der Waals surface area contributed by atoms with Crippen molar-refractivity contribution in [1.82, 2.24) is 14.8 Å². The normalized spacial score (nSPS) is 15.3. The first-order valence-corrected chi connectivity index (χ1v) is 9.51. The topological polar surface area (TPSA) is 54.9 Å². The van der Waals surface area contributed by atoms with Crippen LogP contribution in [-0.2, 0) is 9.47 Å². The predicted octanol–water partition coefficient (Wildman–Crippen LogP) is 2.76. The summed E-state index contributed by atoms with van der Waals surface area (Å²) < 4.78 is 11.9. The molecule has 0 atom stereocenters. The average Bonchev–Trinajstić information content (AvgIpc) is 2.58. The quantitative estimate of drug-likeness (QED) is 0.550. The van der Waals surface area contributed by atoms with Gasteiger partial charge in [0.2, 0.25) is 0 Å². The number of hydrogen-bond donors (Lipinski definition) is 0. The molecule has 26 heavy (non-hydrogen) atoms. The Labute approximate surface area is 164 Å². The lowest BCUT2D eigenvalue weighted by molar-refractivity contribution is 0.0122. The monoisotopic (exact) mass is 423 g/mol. The maximum atomic E-state index is 12.0. The summed E-state index contributed by atoms with van der Waals surface area (Å²) in [5.41, 5.74) is 0.282. The highest BCUT2D eigenvalue weighted by molar-refractivity contribution is 9.10. The van der Waals surface area contributed by atoms with E-state index < -0.39 is 5.60 Å². The van der Waals surface area contributed by atoms with Gasteiger partial charge in [-0.15, -0.1) is 0 Å². The number of pyridine rings is 1. The standard InChI is InChI=1S/C19H26BrN3O3/c1-19(2,3)26-18(24)23-10-8-22(9-11-23)12-14-25-13-4-5-17-7-6-16(20)15-21-17/h6-7,15H,8-14H2,1-3H3. The van der Waals surface area contributed by atoms with E-state index in [1.807, 2.05) is 32.9 Å². The average molecular weight is 424 g/mol. The van der Waals surface area contributed by atoms with Crippen molar-refractivity contribution in [2.45, 2.75) is 26.4 Å². The van der Waals surface area contributed by atoms with E-state index in [9.17, 15) is 4.79 Å². The van der Waals surface area contributed by atoms with Crippen molar-refractivity contribution in [3.8, 4) is 11.8 Å². The van der Waals surface area contributed by atoms with Gasteiger partial charge in [0, 0.05) is 43.4 Å². The van der Waals surface area contributed by atoms with Crippen molar-refractivity contribution in [1.29, 1.82) is 0 Å². The van der Waals surface area contributed by atoms with Crippen LogP contribution < -0.4 is 0 Å². The van der Waals surface area contributed by atoms with E-state index in [0.29, 0.717) is 26.3 Å². The third-order valence-corrected chi connectivity index (χ3v) is 4.16. The number of ether oxygens (including phenoxy) is 2. The van der Waals surface area contributed by atoms with Crippen molar-refractivity contribution < 1.29 is 14.3 Å². The summed E-state index contributed by atoms with van der Waals surface area (Å²) in [6, 6.07) is 3.77. The highest BCUT2D eigenvalue weighted by Crippen LogP contribution is 2.11. The van der Waals surface area contributed by atoms with Crippen LogP contribution in [0.3, 0.4) is 0 Å². The van der Waals surface area contributed by atoms with E-state index in [-0.39, 0.29) is 6.09 Å². The minimum atomic E-state index is -0.450. The maximum absolute atomic E-state index is 12.0. The summed E-state index contributed by atoms with van der Waals surface area (Å²) in [6.45, 7) is 10.5. The number of carbonyl (C=O) groups excluding carboxylic acids is 1. The smallest absolute Gasteiger partial charge is 0.410 e. The fraction of sp³-hybridized carbons (Fsp3) is 0.579. The van der Waals surface area contributed by atoms with Crippen LogP contribution in [0.1, 0.15) is 26.5 Å². The van der Waals surface area contributed by atoms with Gasteiger partial charge >= 0.3 is 6.09 Å². The molecule has 0 spiro atoms. The minimum Gasteiger partial charge on any atom is -0.444 e. The molecular weight excluding hydrogens is 398 g/mol. The molecule has 1 saturated heterocycles. The largest absolute Gasteiger partial charge is 0.444 e. The van der Waals surface area contributed by atoms with E-state index in [1.54, 1.807) is 11.1 Å². The highest BCUT2D eigenvalue weighted by atomic mass is 79.9. The van der Waals surface area contributed by atoms with Crippen LogP contribution in [-0.4, -0.2) is 72.4 Å². The molecule has 0 bridgehead atoms. The molecule has 0 saturated carbocycles. The molecule has 1 aliphatic rings. The van der Waals surface area contributed by atoms with E-state index in [0.717, 1.165) is 29.8 Å². The van der Waals surface area contributed by atoms with Gasteiger partial charge in [-0.2, -0.15) is 0 Å². The van der Waals surface area contributed by atoms with Gasteiger partial charge in [-0.25, -0.2) is 9.78 Å². The van der Waals surface area contributed by atoms with Crippen LogP contribution in [0.25, 0.3) is 0 Å². The number of piperazine rings is 1. The number of nitrogens with zero attached hydrogens (tertiary/aromatic N) is 3. The molecule has 1 aromatic heterocycles. The second-order valence-electron chi connectivity index (χ2n) is 7.03. The Morgan fingerprint density at radius 2 is 2.00 bits per heavy atom. The number of aromatic nitrogens is 1. The first-order valence-electron chi connectivity index (χ1n) is 8.72. The molecule has 142 valence electrons. The second-order valence-corrected chi connectivity index (χ2v) is 7.94. The predicted molar refractivity (Wildman–Crippen MR) is 104 cm³/mol. The molecule has 1 aliphatic heterocycles. The third kappa shape index (κ3) is 7.73. The molecule has 0 unspecified atom stereocenters. The van der Waals surface area contributed by atoms with Crippen LogP contribution in [0, 0.1) is 11.8 Å². The van der Waals surface area contributed by atoms with Gasteiger partial charge in [-0.1, -0.05) is 5.92 Å². The molecule has 0 aromatic carbocycles. The summed E-state index contributed by atoms with van der Waals surface area (Å²) in [5, 5.41) is 0. The Morgan fingerprint density at radius 1 is 1.27 bits per heavy atom. The molecule has 0 N–H and O–H groups in total. The number of amides is 1. The van der Waals surface area contributed by atoms with E-state index in [4.69, 9.17) is 9.47 Å². The molecule has 2 rings (SSSR count). The third-order valence-electron chi connectivity index (χ3n) is 3.69. The zero-order valence-electron chi connectivity index (χ0n) is 15.6. The van der Waals surface area contributed by atoms with Crippen molar-refractivity contribution >= 4 is 22.0 Å². The lowest BCUT2D eigenvalue weighted by atomic mass is 10.2. The molecule has 1 fully saturated rings. The molecular formula is C19H26BrN3O3. The molecule has 7 heteroatoms. The first-order chi connectivity index (χ1) is 12.3. The Kier molecular flexibility index (Phi) is 7.88. The number of rotatable bonds is 4. The molecule has 1 amide bonds. The summed E-state index contributed by atoms with van der Waals surface area (Å²) in [4.78, 5) is 20.3. The SMILES string of the molecule is CC(C)(C)OC(=O)N1CCN(CCOCC#Cc2ccc(Br)cn2)CC1. The summed E-state index contributed by atoms with van der Waals surface area (Å²) in [5.74, 6) is 5.93. The zero-order valence-corrected chi connectivity index (χ0v) is 17.2. The van der Waals surface area contributed by atoms with Gasteiger partial charge < -0.3 is 14.4 Å². The molecule has 0 radical (unpaired) electrons. The van der Waals surface area contributed by atoms with Gasteiger partial charge in [0.15, 0.2) is 0 Å². The van der Waals surface area contributed by atoms with Gasteiger partial charge in [-0.3, -0.25) is 4.90 Å². The van der Waals surface area contributed by atoms with Crippen LogP contribution in [0.15, 0.2) is 22.8 Å². The fourth-order valence-corrected chi connectivity index (χ4v) is 2.61. The Hall–Kier alpha value is -1.62. The van der Waals surface area contributed by atoms with E-state index in [2.05, 4.69) is 37.7 Å². The van der Waals surface area contributed by atoms with Gasteiger partial charge in [0.25, 0.3) is 0 Å². The van der Waals surface area contributed by atoms with Crippen LogP contribution >= 0.6 is 15.9 Å². The lowest BCUT2D eigenvalue weighted by Gasteiger charge is -2.35. The molecule has 2 heterocycles. The lowest BCUT2D eigenvalue weighted by Crippen LogP contribution is -2.50. The van der Waals surface area contributed by atoms with Crippen LogP contribution in [0.5, 0.6) is 0 Å². The molecule has 6 nitrogen and oxygen atoms in total. The van der Waals surface area contributed by atoms with Gasteiger partial charge in [0.05, 0.1) is 6.61 Å². The first kappa shape index (κ1) is 20.7. The Balaban J connectivity index is 1.59. The molecule has 1 aromatic rings. The minimum absolute atomic E-state index is 0.231. The van der Waals surface area contributed by atoms with E-state index in [1.165, 1.54) is 0 Å². The summed E-state index contributed by atoms with van der Waals surface area (Å²) in [7, 11) is 0.